The van der Waals surface area contributed by atoms with E-state index < -0.39 is 0 Å². The minimum atomic E-state index is 0.682. The van der Waals surface area contributed by atoms with E-state index in [1.165, 1.54) is 0 Å². The van der Waals surface area contributed by atoms with Crippen LogP contribution in [0.2, 0.25) is 0 Å². The van der Waals surface area contributed by atoms with Crippen molar-refractivity contribution >= 4 is 33.6 Å². The molecule has 148 valence electrons. The summed E-state index contributed by atoms with van der Waals surface area (Å²) in [5.74, 6) is 1.38. The molecular weight excluding hydrogens is 394 g/mol. The third-order valence-electron chi connectivity index (χ3n) is 4.99. The summed E-state index contributed by atoms with van der Waals surface area (Å²) in [7, 11) is 3.29. The van der Waals surface area contributed by atoms with Crippen molar-refractivity contribution in [1.82, 2.24) is 15.0 Å². The Morgan fingerprint density at radius 2 is 1.63 bits per heavy atom. The number of pyridine rings is 1. The number of rotatable bonds is 5. The summed E-state index contributed by atoms with van der Waals surface area (Å²) in [4.78, 5) is 13.9. The standard InChI is InChI=1S/C24H19N3O2S/c1-28-20-13-15-11-12-25-23(17(15)14-21(20)29-2)16-7-3-6-10-22(16)30-24-26-18-8-4-5-9-19(18)27-24/h3-14H,1-2H3,(H,26,27). The van der Waals surface area contributed by atoms with Crippen LogP contribution in [-0.2, 0) is 0 Å². The molecule has 2 aromatic heterocycles. The molecule has 0 aliphatic carbocycles. The normalized spacial score (nSPS) is 11.1. The zero-order valence-electron chi connectivity index (χ0n) is 16.5. The van der Waals surface area contributed by atoms with Crippen LogP contribution in [0.3, 0.4) is 0 Å². The van der Waals surface area contributed by atoms with Crippen molar-refractivity contribution in [3.63, 3.8) is 0 Å². The fourth-order valence-corrected chi connectivity index (χ4v) is 4.48. The van der Waals surface area contributed by atoms with E-state index in [1.54, 1.807) is 26.0 Å². The number of hydrogen-bond acceptors (Lipinski definition) is 5. The summed E-state index contributed by atoms with van der Waals surface area (Å²) >= 11 is 1.60. The third-order valence-corrected chi connectivity index (χ3v) is 5.95. The third kappa shape index (κ3) is 3.25. The van der Waals surface area contributed by atoms with Crippen LogP contribution in [0.15, 0.2) is 83.0 Å². The highest BCUT2D eigenvalue weighted by Gasteiger charge is 2.15. The Bertz CT molecular complexity index is 1330. The first kappa shape index (κ1) is 18.5. The maximum atomic E-state index is 5.52. The maximum absolute atomic E-state index is 5.52. The molecule has 30 heavy (non-hydrogen) atoms. The summed E-state index contributed by atoms with van der Waals surface area (Å²) in [6.45, 7) is 0. The zero-order valence-corrected chi connectivity index (χ0v) is 17.4. The van der Waals surface area contributed by atoms with Crippen molar-refractivity contribution in [3.8, 4) is 22.8 Å². The van der Waals surface area contributed by atoms with E-state index in [9.17, 15) is 0 Å². The summed E-state index contributed by atoms with van der Waals surface area (Å²) in [6.07, 6.45) is 1.83. The Labute approximate surface area is 178 Å². The molecule has 0 spiro atoms. The van der Waals surface area contributed by atoms with Crippen molar-refractivity contribution in [3.05, 3.63) is 72.9 Å². The molecule has 0 atom stereocenters. The number of ether oxygens (including phenoxy) is 2. The van der Waals surface area contributed by atoms with Gasteiger partial charge in [0.2, 0.25) is 0 Å². The van der Waals surface area contributed by atoms with E-state index in [2.05, 4.69) is 17.1 Å². The summed E-state index contributed by atoms with van der Waals surface area (Å²) in [6, 6.07) is 22.2. The van der Waals surface area contributed by atoms with Gasteiger partial charge in [0.15, 0.2) is 16.7 Å². The predicted molar refractivity (Wildman–Crippen MR) is 120 cm³/mol. The number of fused-ring (bicyclic) bond motifs is 2. The highest BCUT2D eigenvalue weighted by molar-refractivity contribution is 7.99. The number of H-pyrrole nitrogens is 1. The number of nitrogens with one attached hydrogen (secondary N) is 1. The number of methoxy groups -OCH3 is 2. The van der Waals surface area contributed by atoms with Gasteiger partial charge in [-0.15, -0.1) is 0 Å². The molecule has 0 aliphatic heterocycles. The molecular formula is C24H19N3O2S. The molecule has 0 bridgehead atoms. The Morgan fingerprint density at radius 1 is 0.867 bits per heavy atom. The van der Waals surface area contributed by atoms with Gasteiger partial charge < -0.3 is 14.5 Å². The lowest BCUT2D eigenvalue weighted by Crippen LogP contribution is -1.93. The first-order chi connectivity index (χ1) is 14.8. The number of nitrogens with zero attached hydrogens (tertiary/aromatic N) is 2. The van der Waals surface area contributed by atoms with Crippen LogP contribution in [-0.4, -0.2) is 29.2 Å². The van der Waals surface area contributed by atoms with Crippen molar-refractivity contribution in [2.24, 2.45) is 0 Å². The molecule has 0 radical (unpaired) electrons. The van der Waals surface area contributed by atoms with Gasteiger partial charge in [0, 0.05) is 22.0 Å². The lowest BCUT2D eigenvalue weighted by Gasteiger charge is -2.13. The highest BCUT2D eigenvalue weighted by atomic mass is 32.2. The van der Waals surface area contributed by atoms with Crippen LogP contribution in [0.5, 0.6) is 11.5 Å². The lowest BCUT2D eigenvalue weighted by molar-refractivity contribution is 0.356. The van der Waals surface area contributed by atoms with Crippen LogP contribution in [0.1, 0.15) is 0 Å². The minimum Gasteiger partial charge on any atom is -0.493 e. The summed E-state index contributed by atoms with van der Waals surface area (Å²) < 4.78 is 11.0. The van der Waals surface area contributed by atoms with E-state index in [4.69, 9.17) is 19.4 Å². The molecule has 6 heteroatoms. The zero-order chi connectivity index (χ0) is 20.5. The first-order valence-electron chi connectivity index (χ1n) is 9.49. The molecule has 2 heterocycles. The van der Waals surface area contributed by atoms with Gasteiger partial charge in [0.05, 0.1) is 30.9 Å². The lowest BCUT2D eigenvalue weighted by atomic mass is 10.0. The second-order valence-electron chi connectivity index (χ2n) is 6.75. The fourth-order valence-electron chi connectivity index (χ4n) is 3.55. The monoisotopic (exact) mass is 413 g/mol. The quantitative estimate of drug-likeness (QED) is 0.386. The topological polar surface area (TPSA) is 60.0 Å². The highest BCUT2D eigenvalue weighted by Crippen LogP contribution is 2.40. The molecule has 0 saturated heterocycles. The molecule has 0 amide bonds. The van der Waals surface area contributed by atoms with Gasteiger partial charge in [-0.1, -0.05) is 42.1 Å². The second-order valence-corrected chi connectivity index (χ2v) is 7.78. The Morgan fingerprint density at radius 3 is 2.47 bits per heavy atom. The van der Waals surface area contributed by atoms with Gasteiger partial charge in [-0.25, -0.2) is 4.98 Å². The second kappa shape index (κ2) is 7.72. The summed E-state index contributed by atoms with van der Waals surface area (Å²) in [5, 5.41) is 2.90. The molecule has 5 nitrogen and oxygen atoms in total. The molecule has 5 aromatic rings. The molecule has 0 aliphatic rings. The van der Waals surface area contributed by atoms with Crippen molar-refractivity contribution in [2.45, 2.75) is 10.1 Å². The molecule has 0 fully saturated rings. The van der Waals surface area contributed by atoms with Crippen LogP contribution < -0.4 is 9.47 Å². The number of aromatic amines is 1. The molecule has 0 unspecified atom stereocenters. The van der Waals surface area contributed by atoms with E-state index in [0.29, 0.717) is 11.5 Å². The van der Waals surface area contributed by atoms with Crippen molar-refractivity contribution < 1.29 is 9.47 Å². The average Bonchev–Trinajstić information content (AvgIpc) is 3.20. The molecule has 1 N–H and O–H groups in total. The van der Waals surface area contributed by atoms with E-state index in [0.717, 1.165) is 43.1 Å². The molecule has 5 rings (SSSR count). The smallest absolute Gasteiger partial charge is 0.171 e. The van der Waals surface area contributed by atoms with Gasteiger partial charge in [0.1, 0.15) is 0 Å². The van der Waals surface area contributed by atoms with E-state index in [-0.39, 0.29) is 0 Å². The average molecular weight is 414 g/mol. The van der Waals surface area contributed by atoms with Crippen LogP contribution in [0.4, 0.5) is 0 Å². The minimum absolute atomic E-state index is 0.682. The Balaban J connectivity index is 1.63. The van der Waals surface area contributed by atoms with Crippen molar-refractivity contribution in [2.75, 3.05) is 14.2 Å². The SMILES string of the molecule is COc1cc2ccnc(-c3ccccc3Sc3nc4ccccc4[nH]3)c2cc1OC. The van der Waals surface area contributed by atoms with Crippen molar-refractivity contribution in [1.29, 1.82) is 0 Å². The first-order valence-corrected chi connectivity index (χ1v) is 10.3. The molecule has 0 saturated carbocycles. The van der Waals surface area contributed by atoms with Gasteiger partial charge in [-0.2, -0.15) is 0 Å². The van der Waals surface area contributed by atoms with Crippen LogP contribution in [0, 0.1) is 0 Å². The number of benzene rings is 3. The van der Waals surface area contributed by atoms with Gasteiger partial charge >= 0.3 is 0 Å². The Hall–Kier alpha value is -3.51. The summed E-state index contributed by atoms with van der Waals surface area (Å²) in [5.41, 5.74) is 3.92. The van der Waals surface area contributed by atoms with Crippen LogP contribution >= 0.6 is 11.8 Å². The van der Waals surface area contributed by atoms with Gasteiger partial charge in [0.25, 0.3) is 0 Å². The Kier molecular flexibility index (Phi) is 4.77. The van der Waals surface area contributed by atoms with Gasteiger partial charge in [-0.3, -0.25) is 4.98 Å². The number of para-hydroxylation sites is 2. The van der Waals surface area contributed by atoms with E-state index >= 15 is 0 Å². The number of aromatic nitrogens is 3. The number of imidazole rings is 1. The maximum Gasteiger partial charge on any atom is 0.171 e. The van der Waals surface area contributed by atoms with Gasteiger partial charge in [-0.05, 0) is 41.8 Å². The predicted octanol–water partition coefficient (Wildman–Crippen LogP) is 5.95. The number of hydrogen-bond donors (Lipinski definition) is 1. The largest absolute Gasteiger partial charge is 0.493 e. The molecule has 3 aromatic carbocycles. The fraction of sp³-hybridized carbons (Fsp3) is 0.0833. The van der Waals surface area contributed by atoms with Crippen LogP contribution in [0.25, 0.3) is 33.1 Å². The van der Waals surface area contributed by atoms with E-state index in [1.807, 2.05) is 60.8 Å².